The molecule has 0 unspecified atom stereocenters. The van der Waals surface area contributed by atoms with Gasteiger partial charge in [0.15, 0.2) is 0 Å². The van der Waals surface area contributed by atoms with Crippen molar-refractivity contribution in [2.75, 3.05) is 13.1 Å². The predicted octanol–water partition coefficient (Wildman–Crippen LogP) is 3.82. The van der Waals surface area contributed by atoms with Crippen molar-refractivity contribution in [1.29, 1.82) is 0 Å². The highest BCUT2D eigenvalue weighted by Gasteiger charge is 2.43. The number of hydrogen-bond acceptors (Lipinski definition) is 2. The summed E-state index contributed by atoms with van der Waals surface area (Å²) in [4.78, 5) is 14.5. The first-order valence-electron chi connectivity index (χ1n) is 10.1. The zero-order valence-electron chi connectivity index (χ0n) is 16.0. The number of aliphatic hydroxyl groups is 1. The van der Waals surface area contributed by atoms with Gasteiger partial charge in [0, 0.05) is 43.4 Å². The van der Waals surface area contributed by atoms with E-state index in [1.54, 1.807) is 0 Å². The van der Waals surface area contributed by atoms with Gasteiger partial charge in [0.1, 0.15) is 0 Å². The molecule has 2 fully saturated rings. The van der Waals surface area contributed by atoms with Gasteiger partial charge in [-0.05, 0) is 58.1 Å². The van der Waals surface area contributed by atoms with Crippen LogP contribution in [0.2, 0.25) is 0 Å². The summed E-state index contributed by atoms with van der Waals surface area (Å²) in [6.45, 7) is 6.88. The fraction of sp³-hybridized carbons (Fsp3) is 0.762. The van der Waals surface area contributed by atoms with Crippen molar-refractivity contribution in [1.82, 2.24) is 9.47 Å². The molecule has 1 N–H and O–H groups in total. The average Bonchev–Trinajstić information content (AvgIpc) is 2.92. The van der Waals surface area contributed by atoms with Crippen LogP contribution in [0.4, 0.5) is 0 Å². The van der Waals surface area contributed by atoms with Crippen LogP contribution in [0, 0.1) is 19.8 Å². The fourth-order valence-corrected chi connectivity index (χ4v) is 4.73. The maximum Gasteiger partial charge on any atom is 0.222 e. The lowest BCUT2D eigenvalue weighted by atomic mass is 9.71. The van der Waals surface area contributed by atoms with E-state index in [9.17, 15) is 9.90 Å². The molecule has 25 heavy (non-hydrogen) atoms. The molecule has 1 aromatic rings. The smallest absolute Gasteiger partial charge is 0.222 e. The molecule has 4 nitrogen and oxygen atoms in total. The molecule has 1 saturated heterocycles. The molecule has 0 aromatic carbocycles. The molecule has 0 radical (unpaired) electrons. The van der Waals surface area contributed by atoms with E-state index in [-0.39, 0.29) is 0 Å². The molecule has 1 amide bonds. The Morgan fingerprint density at radius 2 is 1.92 bits per heavy atom. The van der Waals surface area contributed by atoms with Gasteiger partial charge in [-0.1, -0.05) is 19.3 Å². The summed E-state index contributed by atoms with van der Waals surface area (Å²) in [7, 11) is 0. The van der Waals surface area contributed by atoms with Crippen molar-refractivity contribution in [3.8, 4) is 0 Å². The van der Waals surface area contributed by atoms with E-state index in [1.165, 1.54) is 17.8 Å². The number of carbonyl (C=O) groups is 1. The summed E-state index contributed by atoms with van der Waals surface area (Å²) in [6.07, 6.45) is 8.99. The van der Waals surface area contributed by atoms with Crippen LogP contribution in [0.5, 0.6) is 0 Å². The Labute approximate surface area is 152 Å². The quantitative estimate of drug-likeness (QED) is 0.796. The minimum atomic E-state index is -0.485. The Balaban J connectivity index is 1.37. The summed E-state index contributed by atoms with van der Waals surface area (Å²) < 4.78 is 2.36. The lowest BCUT2D eigenvalue weighted by Gasteiger charge is -2.47. The van der Waals surface area contributed by atoms with Crippen LogP contribution in [0.3, 0.4) is 0 Å². The largest absolute Gasteiger partial charge is 0.389 e. The summed E-state index contributed by atoms with van der Waals surface area (Å²) in [5.74, 6) is 0.597. The van der Waals surface area contributed by atoms with Crippen molar-refractivity contribution in [3.05, 3.63) is 23.5 Å². The molecule has 4 heteroatoms. The first kappa shape index (κ1) is 18.5. The molecule has 1 aromatic heterocycles. The topological polar surface area (TPSA) is 45.5 Å². The number of nitrogens with zero attached hydrogens (tertiary/aromatic N) is 2. The molecule has 2 atom stereocenters. The number of hydrogen-bond donors (Lipinski definition) is 1. The summed E-state index contributed by atoms with van der Waals surface area (Å²) in [5, 5.41) is 10.7. The van der Waals surface area contributed by atoms with Gasteiger partial charge >= 0.3 is 0 Å². The number of rotatable bonds is 6. The average molecular weight is 347 g/mol. The standard InChI is InChI=1S/C21H34N2O2/c1-17-10-11-18(2)23(17)14-7-3-4-9-20(24)22-15-13-21(25)12-6-5-8-19(21)16-22/h10-11,19,25H,3-9,12-16H2,1-2H3/t19-,21+/m1/s1. The molecule has 2 aliphatic rings. The Morgan fingerprint density at radius 3 is 2.68 bits per heavy atom. The Hall–Kier alpha value is -1.29. The molecule has 140 valence electrons. The van der Waals surface area contributed by atoms with Gasteiger partial charge in [-0.2, -0.15) is 0 Å². The van der Waals surface area contributed by atoms with Crippen LogP contribution in [0.25, 0.3) is 0 Å². The van der Waals surface area contributed by atoms with Crippen LogP contribution in [-0.2, 0) is 11.3 Å². The van der Waals surface area contributed by atoms with E-state index in [0.717, 1.165) is 64.6 Å². The molecule has 0 spiro atoms. The first-order chi connectivity index (χ1) is 12.0. The van der Waals surface area contributed by atoms with Gasteiger partial charge in [0.2, 0.25) is 5.91 Å². The second kappa shape index (κ2) is 7.94. The summed E-state index contributed by atoms with van der Waals surface area (Å²) in [6, 6.07) is 4.34. The second-order valence-electron chi connectivity index (χ2n) is 8.21. The van der Waals surface area contributed by atoms with E-state index in [2.05, 4.69) is 30.5 Å². The molecule has 0 bridgehead atoms. The van der Waals surface area contributed by atoms with Gasteiger partial charge in [0.25, 0.3) is 0 Å². The van der Waals surface area contributed by atoms with Crippen molar-refractivity contribution < 1.29 is 9.90 Å². The minimum absolute atomic E-state index is 0.293. The monoisotopic (exact) mass is 346 g/mol. The number of fused-ring (bicyclic) bond motifs is 1. The van der Waals surface area contributed by atoms with Crippen molar-refractivity contribution >= 4 is 5.91 Å². The fourth-order valence-electron chi connectivity index (χ4n) is 4.73. The van der Waals surface area contributed by atoms with Crippen LogP contribution in [-0.4, -0.2) is 39.2 Å². The lowest BCUT2D eigenvalue weighted by molar-refractivity contribution is -0.143. The van der Waals surface area contributed by atoms with E-state index in [1.807, 2.05) is 4.90 Å². The molecule has 2 heterocycles. The highest BCUT2D eigenvalue weighted by molar-refractivity contribution is 5.76. The van der Waals surface area contributed by atoms with E-state index < -0.39 is 5.60 Å². The number of aryl methyl sites for hydroxylation is 2. The highest BCUT2D eigenvalue weighted by Crippen LogP contribution is 2.39. The second-order valence-corrected chi connectivity index (χ2v) is 8.21. The van der Waals surface area contributed by atoms with Crippen LogP contribution >= 0.6 is 0 Å². The predicted molar refractivity (Wildman–Crippen MR) is 100 cm³/mol. The molecule has 1 aliphatic heterocycles. The van der Waals surface area contributed by atoms with Crippen molar-refractivity contribution in [3.63, 3.8) is 0 Å². The lowest BCUT2D eigenvalue weighted by Crippen LogP contribution is -2.54. The first-order valence-corrected chi connectivity index (χ1v) is 10.1. The number of likely N-dealkylation sites (tertiary alicyclic amines) is 1. The maximum atomic E-state index is 12.5. The molecule has 1 saturated carbocycles. The Kier molecular flexibility index (Phi) is 5.88. The van der Waals surface area contributed by atoms with Gasteiger partial charge < -0.3 is 14.6 Å². The number of unbranched alkanes of at least 4 members (excludes halogenated alkanes) is 2. The third-order valence-electron chi connectivity index (χ3n) is 6.47. The highest BCUT2D eigenvalue weighted by atomic mass is 16.3. The van der Waals surface area contributed by atoms with Crippen LogP contribution in [0.1, 0.15) is 69.2 Å². The molecule has 3 rings (SSSR count). The number of aromatic nitrogens is 1. The van der Waals surface area contributed by atoms with Crippen molar-refractivity contribution in [2.24, 2.45) is 5.92 Å². The van der Waals surface area contributed by atoms with Crippen LogP contribution in [0.15, 0.2) is 12.1 Å². The number of carbonyl (C=O) groups excluding carboxylic acids is 1. The van der Waals surface area contributed by atoms with E-state index in [0.29, 0.717) is 18.2 Å². The maximum absolute atomic E-state index is 12.5. The van der Waals surface area contributed by atoms with Gasteiger partial charge in [-0.25, -0.2) is 0 Å². The van der Waals surface area contributed by atoms with Gasteiger partial charge in [-0.3, -0.25) is 4.79 Å². The third-order valence-corrected chi connectivity index (χ3v) is 6.47. The minimum Gasteiger partial charge on any atom is -0.389 e. The SMILES string of the molecule is Cc1ccc(C)n1CCCCCC(=O)N1CC[C@@]2(O)CCCC[C@@H]2C1. The molecular formula is C21H34N2O2. The zero-order chi connectivity index (χ0) is 17.9. The summed E-state index contributed by atoms with van der Waals surface area (Å²) >= 11 is 0. The third kappa shape index (κ3) is 4.28. The van der Waals surface area contributed by atoms with E-state index in [4.69, 9.17) is 0 Å². The van der Waals surface area contributed by atoms with Gasteiger partial charge in [0.05, 0.1) is 5.60 Å². The number of piperidine rings is 1. The molecule has 1 aliphatic carbocycles. The zero-order valence-corrected chi connectivity index (χ0v) is 16.0. The number of amides is 1. The van der Waals surface area contributed by atoms with Crippen LogP contribution < -0.4 is 0 Å². The summed E-state index contributed by atoms with van der Waals surface area (Å²) in [5.41, 5.74) is 2.16. The molecular weight excluding hydrogens is 312 g/mol. The Bertz CT molecular complexity index is 575. The normalized spacial score (nSPS) is 26.5. The van der Waals surface area contributed by atoms with E-state index >= 15 is 0 Å². The van der Waals surface area contributed by atoms with Crippen molar-refractivity contribution in [2.45, 2.75) is 83.8 Å². The van der Waals surface area contributed by atoms with Gasteiger partial charge in [-0.15, -0.1) is 0 Å². The Morgan fingerprint density at radius 1 is 1.16 bits per heavy atom.